The summed E-state index contributed by atoms with van der Waals surface area (Å²) >= 11 is 0. The second kappa shape index (κ2) is 14.3. The highest BCUT2D eigenvalue weighted by Gasteiger charge is 1.96. The Kier molecular flexibility index (Phi) is 13.6. The summed E-state index contributed by atoms with van der Waals surface area (Å²) in [5, 5.41) is 0. The molecule has 0 heterocycles. The molecule has 0 saturated heterocycles. The highest BCUT2D eigenvalue weighted by Crippen LogP contribution is 2.15. The van der Waals surface area contributed by atoms with Gasteiger partial charge in [-0.15, -0.1) is 0 Å². The molecule has 0 saturated carbocycles. The Morgan fingerprint density at radius 2 is 1.12 bits per heavy atom. The molecule has 0 aromatic heterocycles. The van der Waals surface area contributed by atoms with Gasteiger partial charge in [0.15, 0.2) is 0 Å². The highest BCUT2D eigenvalue weighted by molar-refractivity contribution is 5.75. The topological polar surface area (TPSA) is 17.1 Å². The van der Waals surface area contributed by atoms with Gasteiger partial charge in [0, 0.05) is 6.42 Å². The first kappa shape index (κ1) is 22.9. The van der Waals surface area contributed by atoms with Crippen molar-refractivity contribution < 1.29 is 4.79 Å². The molecule has 0 aliphatic heterocycles. The van der Waals surface area contributed by atoms with Crippen LogP contribution in [0.2, 0.25) is 0 Å². The predicted octanol–water partition coefficient (Wildman–Crippen LogP) is 7.58. The smallest absolute Gasteiger partial charge is 0.130 e. The SMILES string of the molecule is CC(=O)CC/C=C(/C)CC/C=C(\C)CC/C=C(/C)CCCC(C)C. The van der Waals surface area contributed by atoms with Crippen molar-refractivity contribution in [3.63, 3.8) is 0 Å². The van der Waals surface area contributed by atoms with Gasteiger partial charge in [-0.1, -0.05) is 55.2 Å². The third kappa shape index (κ3) is 15.8. The summed E-state index contributed by atoms with van der Waals surface area (Å²) < 4.78 is 0. The summed E-state index contributed by atoms with van der Waals surface area (Å²) in [4.78, 5) is 10.9. The Labute approximate surface area is 151 Å². The lowest BCUT2D eigenvalue weighted by atomic mass is 10.0. The minimum atomic E-state index is 0.280. The third-order valence-electron chi connectivity index (χ3n) is 4.40. The maximum Gasteiger partial charge on any atom is 0.130 e. The van der Waals surface area contributed by atoms with E-state index in [-0.39, 0.29) is 5.78 Å². The molecule has 0 fully saturated rings. The molecule has 0 amide bonds. The van der Waals surface area contributed by atoms with Gasteiger partial charge in [0.2, 0.25) is 0 Å². The van der Waals surface area contributed by atoms with Crippen molar-refractivity contribution >= 4 is 5.78 Å². The third-order valence-corrected chi connectivity index (χ3v) is 4.40. The van der Waals surface area contributed by atoms with Crippen LogP contribution in [0.5, 0.6) is 0 Å². The number of carbonyl (C=O) groups excluding carboxylic acids is 1. The molecule has 0 atom stereocenters. The Hall–Kier alpha value is -1.11. The van der Waals surface area contributed by atoms with E-state index in [1.54, 1.807) is 12.5 Å². The highest BCUT2D eigenvalue weighted by atomic mass is 16.1. The van der Waals surface area contributed by atoms with Gasteiger partial charge in [-0.05, 0) is 78.6 Å². The minimum absolute atomic E-state index is 0.280. The Morgan fingerprint density at radius 3 is 1.54 bits per heavy atom. The number of carbonyl (C=O) groups is 1. The van der Waals surface area contributed by atoms with Crippen LogP contribution in [0.4, 0.5) is 0 Å². The summed E-state index contributed by atoms with van der Waals surface area (Å²) in [5.74, 6) is 1.10. The zero-order valence-corrected chi connectivity index (χ0v) is 17.1. The standard InChI is InChI=1S/C23H40O/c1-19(2)11-7-12-20(3)13-8-14-21(4)15-9-16-22(5)17-10-18-23(6)24/h13,15,17,19H,7-12,14,16,18H2,1-6H3/b20-13-,21-15+,22-17-. The van der Waals surface area contributed by atoms with Crippen LogP contribution in [0, 0.1) is 5.92 Å². The van der Waals surface area contributed by atoms with E-state index in [1.807, 2.05) is 0 Å². The van der Waals surface area contributed by atoms with Crippen LogP contribution < -0.4 is 0 Å². The average molecular weight is 333 g/mol. The molecule has 0 aliphatic carbocycles. The summed E-state index contributed by atoms with van der Waals surface area (Å²) in [7, 11) is 0. The fourth-order valence-electron chi connectivity index (χ4n) is 2.71. The van der Waals surface area contributed by atoms with Gasteiger partial charge < -0.3 is 4.79 Å². The minimum Gasteiger partial charge on any atom is -0.300 e. The largest absolute Gasteiger partial charge is 0.300 e. The summed E-state index contributed by atoms with van der Waals surface area (Å²) in [5.41, 5.74) is 4.45. The molecular formula is C23H40O. The number of rotatable bonds is 13. The fraction of sp³-hybridized carbons (Fsp3) is 0.696. The van der Waals surface area contributed by atoms with E-state index in [2.05, 4.69) is 52.8 Å². The van der Waals surface area contributed by atoms with Gasteiger partial charge in [-0.25, -0.2) is 0 Å². The zero-order valence-electron chi connectivity index (χ0n) is 17.1. The number of ketones is 1. The lowest BCUT2D eigenvalue weighted by molar-refractivity contribution is -0.116. The molecule has 138 valence electrons. The van der Waals surface area contributed by atoms with Gasteiger partial charge in [0.05, 0.1) is 0 Å². The first-order valence-electron chi connectivity index (χ1n) is 9.77. The summed E-state index contributed by atoms with van der Waals surface area (Å²) in [6.45, 7) is 13.0. The molecule has 0 unspecified atom stereocenters. The number of allylic oxidation sites excluding steroid dienone is 6. The van der Waals surface area contributed by atoms with Crippen molar-refractivity contribution in [1.29, 1.82) is 0 Å². The number of hydrogen-bond donors (Lipinski definition) is 0. The Morgan fingerprint density at radius 1 is 0.708 bits per heavy atom. The molecule has 1 heteroatoms. The molecule has 0 aliphatic rings. The van der Waals surface area contributed by atoms with E-state index in [0.717, 1.165) is 25.2 Å². The van der Waals surface area contributed by atoms with Crippen LogP contribution in [0.25, 0.3) is 0 Å². The van der Waals surface area contributed by atoms with Gasteiger partial charge in [0.1, 0.15) is 5.78 Å². The van der Waals surface area contributed by atoms with Crippen LogP contribution in [0.15, 0.2) is 34.9 Å². The van der Waals surface area contributed by atoms with Gasteiger partial charge >= 0.3 is 0 Å². The maximum atomic E-state index is 10.9. The second-order valence-corrected chi connectivity index (χ2v) is 7.76. The normalized spacial score (nSPS) is 13.7. The van der Waals surface area contributed by atoms with E-state index in [9.17, 15) is 4.79 Å². The van der Waals surface area contributed by atoms with E-state index >= 15 is 0 Å². The Balaban J connectivity index is 3.92. The van der Waals surface area contributed by atoms with Gasteiger partial charge in [-0.2, -0.15) is 0 Å². The van der Waals surface area contributed by atoms with Crippen molar-refractivity contribution in [3.8, 4) is 0 Å². The Bertz CT molecular complexity index is 435. The average Bonchev–Trinajstić information content (AvgIpc) is 2.46. The van der Waals surface area contributed by atoms with Gasteiger partial charge in [0.25, 0.3) is 0 Å². The van der Waals surface area contributed by atoms with E-state index in [4.69, 9.17) is 0 Å². The fourth-order valence-corrected chi connectivity index (χ4v) is 2.71. The quantitative estimate of drug-likeness (QED) is 0.318. The van der Waals surface area contributed by atoms with Crippen molar-refractivity contribution in [2.75, 3.05) is 0 Å². The molecule has 0 aromatic carbocycles. The van der Waals surface area contributed by atoms with Crippen LogP contribution in [-0.2, 0) is 4.79 Å². The monoisotopic (exact) mass is 332 g/mol. The van der Waals surface area contributed by atoms with Crippen LogP contribution in [-0.4, -0.2) is 5.78 Å². The first-order chi connectivity index (χ1) is 11.3. The van der Waals surface area contributed by atoms with E-state index in [0.29, 0.717) is 6.42 Å². The molecule has 1 nitrogen and oxygen atoms in total. The second-order valence-electron chi connectivity index (χ2n) is 7.76. The predicted molar refractivity (Wildman–Crippen MR) is 108 cm³/mol. The molecule has 0 spiro atoms. The summed E-state index contributed by atoms with van der Waals surface area (Å²) in [6, 6.07) is 0. The van der Waals surface area contributed by atoms with Crippen LogP contribution >= 0.6 is 0 Å². The van der Waals surface area contributed by atoms with E-state index in [1.165, 1.54) is 43.3 Å². The molecular weight excluding hydrogens is 292 g/mol. The zero-order chi connectivity index (χ0) is 18.4. The molecule has 0 aromatic rings. The van der Waals surface area contributed by atoms with Crippen LogP contribution in [0.1, 0.15) is 99.3 Å². The first-order valence-corrected chi connectivity index (χ1v) is 9.77. The number of Topliss-reactive ketones (excluding diaryl/α,β-unsaturated/α-hetero) is 1. The maximum absolute atomic E-state index is 10.9. The lowest BCUT2D eigenvalue weighted by Gasteiger charge is -2.05. The molecule has 0 radical (unpaired) electrons. The van der Waals surface area contributed by atoms with Crippen molar-refractivity contribution in [1.82, 2.24) is 0 Å². The van der Waals surface area contributed by atoms with Crippen molar-refractivity contribution in [2.45, 2.75) is 99.3 Å². The molecule has 24 heavy (non-hydrogen) atoms. The summed E-state index contributed by atoms with van der Waals surface area (Å²) in [6.07, 6.45) is 17.1. The lowest BCUT2D eigenvalue weighted by Crippen LogP contribution is -1.88. The van der Waals surface area contributed by atoms with E-state index < -0.39 is 0 Å². The molecule has 0 N–H and O–H groups in total. The molecule has 0 rings (SSSR count). The van der Waals surface area contributed by atoms with Gasteiger partial charge in [-0.3, -0.25) is 0 Å². The van der Waals surface area contributed by atoms with Crippen molar-refractivity contribution in [2.24, 2.45) is 5.92 Å². The molecule has 0 bridgehead atoms. The van der Waals surface area contributed by atoms with Crippen molar-refractivity contribution in [3.05, 3.63) is 34.9 Å². The van der Waals surface area contributed by atoms with Crippen LogP contribution in [0.3, 0.4) is 0 Å². The number of hydrogen-bond acceptors (Lipinski definition) is 1.